The minimum Gasteiger partial charge on any atom is -0.349 e. The van der Waals surface area contributed by atoms with E-state index < -0.39 is 0 Å². The molecule has 2 aromatic rings. The zero-order valence-electron chi connectivity index (χ0n) is 11.5. The molecule has 0 saturated carbocycles. The van der Waals surface area contributed by atoms with Gasteiger partial charge in [0.25, 0.3) is 0 Å². The quantitative estimate of drug-likeness (QED) is 0.875. The third-order valence-electron chi connectivity index (χ3n) is 3.19. The average molecular weight is 269 g/mol. The maximum atomic E-state index is 12.0. The van der Waals surface area contributed by atoms with E-state index in [-0.39, 0.29) is 24.4 Å². The molecule has 104 valence electrons. The molecular weight excluding hydrogens is 250 g/mol. The lowest BCUT2D eigenvalue weighted by atomic mass is 10.0. The van der Waals surface area contributed by atoms with Gasteiger partial charge >= 0.3 is 0 Å². The molecule has 0 bridgehead atoms. The normalized spacial score (nSPS) is 13.5. The van der Waals surface area contributed by atoms with Crippen LogP contribution in [-0.2, 0) is 4.79 Å². The second-order valence-corrected chi connectivity index (χ2v) is 4.80. The van der Waals surface area contributed by atoms with Crippen molar-refractivity contribution in [1.29, 1.82) is 0 Å². The highest BCUT2D eigenvalue weighted by Gasteiger charge is 2.14. The van der Waals surface area contributed by atoms with E-state index in [2.05, 4.69) is 10.3 Å². The van der Waals surface area contributed by atoms with Crippen LogP contribution in [0.15, 0.2) is 54.9 Å². The van der Waals surface area contributed by atoms with E-state index in [1.165, 1.54) is 0 Å². The smallest absolute Gasteiger partial charge is 0.222 e. The van der Waals surface area contributed by atoms with Crippen molar-refractivity contribution in [2.24, 2.45) is 5.73 Å². The van der Waals surface area contributed by atoms with E-state index in [1.807, 2.05) is 49.4 Å². The number of nitrogens with two attached hydrogens (primary N) is 1. The Morgan fingerprint density at radius 2 is 1.90 bits per heavy atom. The first-order valence-corrected chi connectivity index (χ1v) is 6.66. The number of pyridine rings is 1. The maximum Gasteiger partial charge on any atom is 0.222 e. The molecule has 0 radical (unpaired) electrons. The average Bonchev–Trinajstić information content (AvgIpc) is 2.49. The molecule has 0 aliphatic rings. The van der Waals surface area contributed by atoms with Crippen LogP contribution in [-0.4, -0.2) is 10.9 Å². The van der Waals surface area contributed by atoms with Crippen molar-refractivity contribution in [3.8, 4) is 0 Å². The first-order chi connectivity index (χ1) is 9.66. The number of amides is 1. The lowest BCUT2D eigenvalue weighted by Gasteiger charge is -2.16. The van der Waals surface area contributed by atoms with Crippen LogP contribution in [0.1, 0.15) is 36.6 Å². The van der Waals surface area contributed by atoms with Crippen molar-refractivity contribution in [2.75, 3.05) is 0 Å². The summed E-state index contributed by atoms with van der Waals surface area (Å²) in [6.45, 7) is 1.93. The number of nitrogens with one attached hydrogen (secondary N) is 1. The zero-order valence-corrected chi connectivity index (χ0v) is 11.5. The van der Waals surface area contributed by atoms with Crippen molar-refractivity contribution in [1.82, 2.24) is 10.3 Å². The lowest BCUT2D eigenvalue weighted by molar-refractivity contribution is -0.122. The Bertz CT molecular complexity index is 493. The molecule has 2 rings (SSSR count). The van der Waals surface area contributed by atoms with Gasteiger partial charge in [-0.3, -0.25) is 9.78 Å². The molecular formula is C16H19N3O. The molecule has 1 aromatic carbocycles. The minimum atomic E-state index is -0.280. The van der Waals surface area contributed by atoms with E-state index in [0.29, 0.717) is 0 Å². The fourth-order valence-electron chi connectivity index (χ4n) is 2.03. The van der Waals surface area contributed by atoms with Gasteiger partial charge in [-0.2, -0.15) is 0 Å². The van der Waals surface area contributed by atoms with E-state index >= 15 is 0 Å². The number of aromatic nitrogens is 1. The number of nitrogens with zero attached hydrogens (tertiary/aromatic N) is 1. The standard InChI is InChI=1S/C16H19N3O/c1-12(14-8-5-9-18-11-14)19-16(20)10-15(17)13-6-3-2-4-7-13/h2-9,11-12,15H,10,17H2,1H3,(H,19,20)/t12-,15-/m0/s1. The van der Waals surface area contributed by atoms with Crippen LogP contribution >= 0.6 is 0 Å². The molecule has 20 heavy (non-hydrogen) atoms. The first-order valence-electron chi connectivity index (χ1n) is 6.66. The molecule has 0 aliphatic carbocycles. The molecule has 0 aliphatic heterocycles. The monoisotopic (exact) mass is 269 g/mol. The Morgan fingerprint density at radius 3 is 2.55 bits per heavy atom. The van der Waals surface area contributed by atoms with Crippen LogP contribution in [0.2, 0.25) is 0 Å². The van der Waals surface area contributed by atoms with Gasteiger partial charge in [0.05, 0.1) is 6.04 Å². The second-order valence-electron chi connectivity index (χ2n) is 4.80. The van der Waals surface area contributed by atoms with E-state index in [1.54, 1.807) is 12.4 Å². The van der Waals surface area contributed by atoms with Crippen LogP contribution < -0.4 is 11.1 Å². The number of rotatable bonds is 5. The molecule has 4 heteroatoms. The molecule has 1 amide bonds. The molecule has 0 saturated heterocycles. The van der Waals surface area contributed by atoms with E-state index in [0.717, 1.165) is 11.1 Å². The predicted octanol–water partition coefficient (Wildman–Crippen LogP) is 2.35. The molecule has 0 unspecified atom stereocenters. The van der Waals surface area contributed by atoms with E-state index in [9.17, 15) is 4.79 Å². The summed E-state index contributed by atoms with van der Waals surface area (Å²) in [6.07, 6.45) is 3.74. The summed E-state index contributed by atoms with van der Waals surface area (Å²) in [5.74, 6) is -0.0577. The summed E-state index contributed by atoms with van der Waals surface area (Å²) in [5, 5.41) is 2.94. The molecule has 4 nitrogen and oxygen atoms in total. The van der Waals surface area contributed by atoms with Crippen molar-refractivity contribution >= 4 is 5.91 Å². The number of carbonyl (C=O) groups excluding carboxylic acids is 1. The molecule has 2 atom stereocenters. The molecule has 1 aromatic heterocycles. The highest BCUT2D eigenvalue weighted by Crippen LogP contribution is 2.15. The van der Waals surface area contributed by atoms with Gasteiger partial charge in [0, 0.05) is 24.9 Å². The van der Waals surface area contributed by atoms with Gasteiger partial charge in [-0.15, -0.1) is 0 Å². The Morgan fingerprint density at radius 1 is 1.20 bits per heavy atom. The number of benzene rings is 1. The third-order valence-corrected chi connectivity index (χ3v) is 3.19. The number of hydrogen-bond donors (Lipinski definition) is 2. The molecule has 3 N–H and O–H groups in total. The van der Waals surface area contributed by atoms with Crippen LogP contribution in [0.5, 0.6) is 0 Å². The third kappa shape index (κ3) is 3.90. The van der Waals surface area contributed by atoms with Crippen molar-refractivity contribution in [2.45, 2.75) is 25.4 Å². The van der Waals surface area contributed by atoms with Gasteiger partial charge in [-0.05, 0) is 24.1 Å². The summed E-state index contributed by atoms with van der Waals surface area (Å²) >= 11 is 0. The fourth-order valence-corrected chi connectivity index (χ4v) is 2.03. The summed E-state index contributed by atoms with van der Waals surface area (Å²) in [4.78, 5) is 16.0. The summed E-state index contributed by atoms with van der Waals surface area (Å²) in [5.41, 5.74) is 7.99. The molecule has 0 fully saturated rings. The maximum absolute atomic E-state index is 12.0. The SMILES string of the molecule is C[C@H](NC(=O)C[C@H](N)c1ccccc1)c1cccnc1. The van der Waals surface area contributed by atoms with Crippen LogP contribution in [0.4, 0.5) is 0 Å². The van der Waals surface area contributed by atoms with Gasteiger partial charge < -0.3 is 11.1 Å². The van der Waals surface area contributed by atoms with Gasteiger partial charge in [-0.25, -0.2) is 0 Å². The van der Waals surface area contributed by atoms with Gasteiger partial charge in [-0.1, -0.05) is 36.4 Å². The Kier molecular flexibility index (Phi) is 4.85. The highest BCUT2D eigenvalue weighted by molar-refractivity contribution is 5.77. The van der Waals surface area contributed by atoms with Crippen LogP contribution in [0.3, 0.4) is 0 Å². The predicted molar refractivity (Wildman–Crippen MR) is 78.8 cm³/mol. The van der Waals surface area contributed by atoms with Crippen molar-refractivity contribution in [3.63, 3.8) is 0 Å². The van der Waals surface area contributed by atoms with Gasteiger partial charge in [0.2, 0.25) is 5.91 Å². The van der Waals surface area contributed by atoms with Gasteiger partial charge in [0.1, 0.15) is 0 Å². The van der Waals surface area contributed by atoms with Crippen LogP contribution in [0.25, 0.3) is 0 Å². The topological polar surface area (TPSA) is 68.0 Å². The fraction of sp³-hybridized carbons (Fsp3) is 0.250. The highest BCUT2D eigenvalue weighted by atomic mass is 16.1. The molecule has 1 heterocycles. The first kappa shape index (κ1) is 14.2. The van der Waals surface area contributed by atoms with Gasteiger partial charge in [0.15, 0.2) is 0 Å². The van der Waals surface area contributed by atoms with Crippen molar-refractivity contribution < 1.29 is 4.79 Å². The second kappa shape index (κ2) is 6.82. The Hall–Kier alpha value is -2.20. The summed E-state index contributed by atoms with van der Waals surface area (Å²) < 4.78 is 0. The Labute approximate surface area is 119 Å². The number of carbonyl (C=O) groups is 1. The minimum absolute atomic E-state index is 0.0577. The van der Waals surface area contributed by atoms with Crippen molar-refractivity contribution in [3.05, 3.63) is 66.0 Å². The largest absolute Gasteiger partial charge is 0.349 e. The number of hydrogen-bond acceptors (Lipinski definition) is 3. The van der Waals surface area contributed by atoms with E-state index in [4.69, 9.17) is 5.73 Å². The van der Waals surface area contributed by atoms with Crippen LogP contribution in [0, 0.1) is 0 Å². The molecule has 0 spiro atoms. The Balaban J connectivity index is 1.90. The lowest BCUT2D eigenvalue weighted by Crippen LogP contribution is -2.29. The summed E-state index contributed by atoms with van der Waals surface area (Å²) in [6, 6.07) is 13.1. The summed E-state index contributed by atoms with van der Waals surface area (Å²) in [7, 11) is 0. The zero-order chi connectivity index (χ0) is 14.4.